The standard InChI is InChI=1S/C10H10OS/c11-7-8-5-6-12-10-4-2-1-3-9(8)10/h1-4,7-8H,5-6H2. The monoisotopic (exact) mass is 178 g/mol. The molecule has 2 heteroatoms. The molecular formula is C10H10OS. The lowest BCUT2D eigenvalue weighted by molar-refractivity contribution is -0.109. The summed E-state index contributed by atoms with van der Waals surface area (Å²) in [5.74, 6) is 1.21. The van der Waals surface area contributed by atoms with Crippen LogP contribution in [0.1, 0.15) is 17.9 Å². The Balaban J connectivity index is 2.43. The summed E-state index contributed by atoms with van der Waals surface area (Å²) in [6.07, 6.45) is 2.06. The number of aldehydes is 1. The number of benzene rings is 1. The minimum absolute atomic E-state index is 0.141. The van der Waals surface area contributed by atoms with Crippen molar-refractivity contribution in [3.8, 4) is 0 Å². The highest BCUT2D eigenvalue weighted by Crippen LogP contribution is 2.35. The van der Waals surface area contributed by atoms with Crippen LogP contribution in [0.15, 0.2) is 29.2 Å². The van der Waals surface area contributed by atoms with Gasteiger partial charge >= 0.3 is 0 Å². The molecule has 1 unspecified atom stereocenters. The second kappa shape index (κ2) is 3.31. The lowest BCUT2D eigenvalue weighted by Crippen LogP contribution is -2.07. The molecule has 0 aliphatic carbocycles. The number of hydrogen-bond donors (Lipinski definition) is 0. The number of rotatable bonds is 1. The zero-order valence-electron chi connectivity index (χ0n) is 6.69. The van der Waals surface area contributed by atoms with Crippen LogP contribution >= 0.6 is 11.8 Å². The van der Waals surface area contributed by atoms with Gasteiger partial charge < -0.3 is 4.79 Å². The molecule has 12 heavy (non-hydrogen) atoms. The smallest absolute Gasteiger partial charge is 0.127 e. The molecule has 2 rings (SSSR count). The summed E-state index contributed by atoms with van der Waals surface area (Å²) in [7, 11) is 0. The molecule has 0 amide bonds. The first-order valence-electron chi connectivity index (χ1n) is 4.09. The van der Waals surface area contributed by atoms with Crippen LogP contribution in [0, 0.1) is 0 Å². The highest BCUT2D eigenvalue weighted by molar-refractivity contribution is 7.99. The minimum Gasteiger partial charge on any atom is -0.303 e. The number of thioether (sulfide) groups is 1. The minimum atomic E-state index is 0.141. The van der Waals surface area contributed by atoms with Crippen LogP contribution in [-0.4, -0.2) is 12.0 Å². The van der Waals surface area contributed by atoms with Gasteiger partial charge in [-0.25, -0.2) is 0 Å². The Morgan fingerprint density at radius 3 is 3.08 bits per heavy atom. The van der Waals surface area contributed by atoms with Gasteiger partial charge in [0.15, 0.2) is 0 Å². The first-order valence-corrected chi connectivity index (χ1v) is 5.07. The van der Waals surface area contributed by atoms with Crippen LogP contribution in [0.25, 0.3) is 0 Å². The summed E-state index contributed by atoms with van der Waals surface area (Å²) in [6, 6.07) is 8.18. The summed E-state index contributed by atoms with van der Waals surface area (Å²) in [5, 5.41) is 0. The molecule has 0 aromatic heterocycles. The van der Waals surface area contributed by atoms with E-state index in [0.717, 1.165) is 18.5 Å². The highest BCUT2D eigenvalue weighted by atomic mass is 32.2. The second-order valence-electron chi connectivity index (χ2n) is 2.92. The average Bonchev–Trinajstić information content (AvgIpc) is 2.17. The van der Waals surface area contributed by atoms with Crippen LogP contribution in [0.4, 0.5) is 0 Å². The Kier molecular flexibility index (Phi) is 2.17. The molecule has 1 atom stereocenters. The van der Waals surface area contributed by atoms with Crippen molar-refractivity contribution in [1.29, 1.82) is 0 Å². The summed E-state index contributed by atoms with van der Waals surface area (Å²) >= 11 is 1.85. The molecule has 0 saturated heterocycles. The lowest BCUT2D eigenvalue weighted by Gasteiger charge is -2.19. The quantitative estimate of drug-likeness (QED) is 0.614. The van der Waals surface area contributed by atoms with E-state index in [9.17, 15) is 4.79 Å². The zero-order chi connectivity index (χ0) is 8.39. The van der Waals surface area contributed by atoms with E-state index in [4.69, 9.17) is 0 Å². The normalized spacial score (nSPS) is 21.5. The van der Waals surface area contributed by atoms with Crippen LogP contribution < -0.4 is 0 Å². The Bertz CT molecular complexity index is 296. The number of carbonyl (C=O) groups excluding carboxylic acids is 1. The van der Waals surface area contributed by atoms with E-state index in [-0.39, 0.29) is 5.92 Å². The summed E-state index contributed by atoms with van der Waals surface area (Å²) in [4.78, 5) is 12.0. The van der Waals surface area contributed by atoms with E-state index in [0.29, 0.717) is 0 Å². The van der Waals surface area contributed by atoms with Gasteiger partial charge in [-0.1, -0.05) is 18.2 Å². The van der Waals surface area contributed by atoms with E-state index in [1.165, 1.54) is 10.5 Å². The SMILES string of the molecule is O=CC1CCSc2ccccc21. The first-order chi connectivity index (χ1) is 5.92. The third-order valence-corrected chi connectivity index (χ3v) is 3.29. The number of carbonyl (C=O) groups is 1. The molecule has 0 fully saturated rings. The van der Waals surface area contributed by atoms with Crippen LogP contribution in [0.2, 0.25) is 0 Å². The lowest BCUT2D eigenvalue weighted by atomic mass is 9.98. The van der Waals surface area contributed by atoms with E-state index < -0.39 is 0 Å². The van der Waals surface area contributed by atoms with Crippen LogP contribution in [0.3, 0.4) is 0 Å². The Labute approximate surface area is 76.2 Å². The number of fused-ring (bicyclic) bond motifs is 1. The Hall–Kier alpha value is -0.760. The van der Waals surface area contributed by atoms with E-state index in [2.05, 4.69) is 12.1 Å². The fraction of sp³-hybridized carbons (Fsp3) is 0.300. The largest absolute Gasteiger partial charge is 0.303 e. The third-order valence-electron chi connectivity index (χ3n) is 2.17. The van der Waals surface area contributed by atoms with Crippen molar-refractivity contribution in [2.45, 2.75) is 17.2 Å². The van der Waals surface area contributed by atoms with Crippen molar-refractivity contribution >= 4 is 18.0 Å². The van der Waals surface area contributed by atoms with Crippen molar-refractivity contribution < 1.29 is 4.79 Å². The van der Waals surface area contributed by atoms with Gasteiger partial charge in [0, 0.05) is 10.8 Å². The summed E-state index contributed by atoms with van der Waals surface area (Å²) < 4.78 is 0. The predicted molar refractivity (Wildman–Crippen MR) is 50.6 cm³/mol. The maximum Gasteiger partial charge on any atom is 0.127 e. The molecule has 62 valence electrons. The zero-order valence-corrected chi connectivity index (χ0v) is 7.51. The van der Waals surface area contributed by atoms with Gasteiger partial charge in [0.25, 0.3) is 0 Å². The first kappa shape index (κ1) is 7.87. The molecule has 0 radical (unpaired) electrons. The van der Waals surface area contributed by atoms with E-state index >= 15 is 0 Å². The van der Waals surface area contributed by atoms with Gasteiger partial charge in [-0.3, -0.25) is 0 Å². The molecule has 0 spiro atoms. The molecule has 0 N–H and O–H groups in total. The van der Waals surface area contributed by atoms with Gasteiger partial charge in [0.05, 0.1) is 0 Å². The average molecular weight is 178 g/mol. The van der Waals surface area contributed by atoms with Crippen LogP contribution in [0.5, 0.6) is 0 Å². The highest BCUT2D eigenvalue weighted by Gasteiger charge is 2.18. The summed E-state index contributed by atoms with van der Waals surface area (Å²) in [5.41, 5.74) is 1.21. The molecular weight excluding hydrogens is 168 g/mol. The molecule has 1 nitrogen and oxygen atoms in total. The van der Waals surface area contributed by atoms with Gasteiger partial charge in [-0.05, 0) is 23.8 Å². The Morgan fingerprint density at radius 2 is 2.25 bits per heavy atom. The van der Waals surface area contributed by atoms with Gasteiger partial charge in [-0.15, -0.1) is 11.8 Å². The number of hydrogen-bond acceptors (Lipinski definition) is 2. The molecule has 1 aromatic carbocycles. The molecule has 0 bridgehead atoms. The van der Waals surface area contributed by atoms with Crippen molar-refractivity contribution in [3.05, 3.63) is 29.8 Å². The summed E-state index contributed by atoms with van der Waals surface area (Å²) in [6.45, 7) is 0. The molecule has 1 aliphatic rings. The Morgan fingerprint density at radius 1 is 1.42 bits per heavy atom. The van der Waals surface area contributed by atoms with Crippen molar-refractivity contribution in [3.63, 3.8) is 0 Å². The van der Waals surface area contributed by atoms with Crippen LogP contribution in [-0.2, 0) is 4.79 Å². The second-order valence-corrected chi connectivity index (χ2v) is 4.05. The maximum atomic E-state index is 10.7. The third kappa shape index (κ3) is 1.27. The maximum absolute atomic E-state index is 10.7. The fourth-order valence-corrected chi connectivity index (χ4v) is 2.66. The molecule has 0 saturated carbocycles. The van der Waals surface area contributed by atoms with Crippen molar-refractivity contribution in [2.75, 3.05) is 5.75 Å². The van der Waals surface area contributed by atoms with E-state index in [1.807, 2.05) is 23.9 Å². The molecule has 1 heterocycles. The fourth-order valence-electron chi connectivity index (χ4n) is 1.51. The molecule has 1 aromatic rings. The van der Waals surface area contributed by atoms with Crippen molar-refractivity contribution in [1.82, 2.24) is 0 Å². The van der Waals surface area contributed by atoms with E-state index in [1.54, 1.807) is 0 Å². The van der Waals surface area contributed by atoms with Gasteiger partial charge in [0.2, 0.25) is 0 Å². The van der Waals surface area contributed by atoms with Gasteiger partial charge in [0.1, 0.15) is 6.29 Å². The molecule has 1 aliphatic heterocycles. The van der Waals surface area contributed by atoms with Gasteiger partial charge in [-0.2, -0.15) is 0 Å². The van der Waals surface area contributed by atoms with Crippen molar-refractivity contribution in [2.24, 2.45) is 0 Å². The topological polar surface area (TPSA) is 17.1 Å². The predicted octanol–water partition coefficient (Wildman–Crippen LogP) is 2.46.